The van der Waals surface area contributed by atoms with Crippen LogP contribution < -0.4 is 4.74 Å². The number of aliphatic imine (C=N–C) groups is 1. The van der Waals surface area contributed by atoms with Crippen molar-refractivity contribution < 1.29 is 22.7 Å². The number of benzene rings is 2. The van der Waals surface area contributed by atoms with Crippen LogP contribution in [0.1, 0.15) is 5.56 Å². The van der Waals surface area contributed by atoms with Gasteiger partial charge in [0.2, 0.25) is 6.08 Å². The molecule has 0 saturated carbocycles. The summed E-state index contributed by atoms with van der Waals surface area (Å²) in [6.07, 6.45) is -1.13. The van der Waals surface area contributed by atoms with Crippen molar-refractivity contribution in [3.05, 3.63) is 60.4 Å². The van der Waals surface area contributed by atoms with E-state index in [0.29, 0.717) is 24.5 Å². The number of alkyl halides is 3. The summed E-state index contributed by atoms with van der Waals surface area (Å²) in [4.78, 5) is 17.8. The fourth-order valence-electron chi connectivity index (χ4n) is 2.37. The lowest BCUT2D eigenvalue weighted by Crippen LogP contribution is -2.17. The van der Waals surface area contributed by atoms with E-state index in [1.165, 1.54) is 41.4 Å². The molecule has 0 bridgehead atoms. The lowest BCUT2D eigenvalue weighted by Gasteiger charge is -2.09. The van der Waals surface area contributed by atoms with Gasteiger partial charge in [-0.25, -0.2) is 19.5 Å². The number of ether oxygens (including phenoxy) is 1. The summed E-state index contributed by atoms with van der Waals surface area (Å²) >= 11 is 0. The molecule has 0 spiro atoms. The third kappa shape index (κ3) is 5.02. The molecule has 0 aliphatic rings. The maximum absolute atomic E-state index is 12.2. The highest BCUT2D eigenvalue weighted by Crippen LogP contribution is 2.24. The molecule has 1 heterocycles. The highest BCUT2D eigenvalue weighted by atomic mass is 19.4. The highest BCUT2D eigenvalue weighted by Gasteiger charge is 2.30. The molecule has 1 aromatic heterocycles. The topological polar surface area (TPSA) is 69.4 Å². The maximum atomic E-state index is 12.2. The molecule has 0 unspecified atom stereocenters. The van der Waals surface area contributed by atoms with Crippen LogP contribution in [-0.2, 0) is 11.2 Å². The molecule has 0 saturated heterocycles. The van der Waals surface area contributed by atoms with Crippen LogP contribution in [0.5, 0.6) is 5.75 Å². The summed E-state index contributed by atoms with van der Waals surface area (Å²) < 4.78 is 41.9. The summed E-state index contributed by atoms with van der Waals surface area (Å²) in [7, 11) is 0. The third-order valence-corrected chi connectivity index (χ3v) is 3.62. The van der Waals surface area contributed by atoms with Gasteiger partial charge >= 0.3 is 6.36 Å². The molecule has 2 aromatic carbocycles. The molecule has 0 aliphatic heterocycles. The van der Waals surface area contributed by atoms with E-state index in [1.807, 2.05) is 24.3 Å². The largest absolute Gasteiger partial charge is 0.573 e. The van der Waals surface area contributed by atoms with Crippen LogP contribution in [-0.4, -0.2) is 33.8 Å². The first kappa shape index (κ1) is 18.3. The number of hydrogen-bond donors (Lipinski definition) is 0. The molecule has 0 aliphatic carbocycles. The second-order valence-corrected chi connectivity index (χ2v) is 5.47. The van der Waals surface area contributed by atoms with Gasteiger partial charge < -0.3 is 4.74 Å². The van der Waals surface area contributed by atoms with Crippen molar-refractivity contribution in [3.8, 4) is 22.8 Å². The van der Waals surface area contributed by atoms with Crippen molar-refractivity contribution in [1.82, 2.24) is 14.8 Å². The second-order valence-electron chi connectivity index (χ2n) is 5.47. The fourth-order valence-corrected chi connectivity index (χ4v) is 2.37. The number of halogens is 3. The molecule has 3 aromatic rings. The zero-order valence-corrected chi connectivity index (χ0v) is 13.8. The number of aromatic nitrogens is 3. The van der Waals surface area contributed by atoms with E-state index in [0.717, 1.165) is 11.1 Å². The molecule has 3 rings (SSSR count). The van der Waals surface area contributed by atoms with E-state index in [4.69, 9.17) is 0 Å². The SMILES string of the molecule is O=C=NCCc1ccc(-c2ncn(-c3ccc(OC(F)(F)F)cc3)n2)cc1. The lowest BCUT2D eigenvalue weighted by atomic mass is 10.1. The van der Waals surface area contributed by atoms with Gasteiger partial charge in [0.05, 0.1) is 12.2 Å². The Kier molecular flexibility index (Phi) is 5.33. The lowest BCUT2D eigenvalue weighted by molar-refractivity contribution is -0.274. The molecule has 138 valence electrons. The van der Waals surface area contributed by atoms with Crippen LogP contribution in [0.25, 0.3) is 17.1 Å². The van der Waals surface area contributed by atoms with Crippen LogP contribution >= 0.6 is 0 Å². The Hall–Kier alpha value is -3.45. The van der Waals surface area contributed by atoms with Gasteiger partial charge in [0.15, 0.2) is 5.82 Å². The number of isocyanates is 1. The van der Waals surface area contributed by atoms with Gasteiger partial charge in [0.1, 0.15) is 12.1 Å². The summed E-state index contributed by atoms with van der Waals surface area (Å²) in [5, 5.41) is 4.33. The Labute approximate surface area is 151 Å². The Balaban J connectivity index is 1.71. The smallest absolute Gasteiger partial charge is 0.406 e. The van der Waals surface area contributed by atoms with Crippen molar-refractivity contribution in [2.24, 2.45) is 4.99 Å². The summed E-state index contributed by atoms with van der Waals surface area (Å²) in [5.74, 6) is 0.171. The first-order valence-corrected chi connectivity index (χ1v) is 7.85. The standard InChI is InChI=1S/C18H13F3N4O2/c19-18(20,21)27-16-7-5-15(6-8-16)25-11-23-17(24-25)14-3-1-13(2-4-14)9-10-22-12-26/h1-8,11H,9-10H2. The van der Waals surface area contributed by atoms with E-state index >= 15 is 0 Å². The molecule has 0 atom stereocenters. The van der Waals surface area contributed by atoms with Gasteiger partial charge in [-0.3, -0.25) is 0 Å². The number of hydrogen-bond acceptors (Lipinski definition) is 5. The monoisotopic (exact) mass is 374 g/mol. The molecule has 0 radical (unpaired) electrons. The molecule has 0 N–H and O–H groups in total. The molecule has 0 amide bonds. The molecule has 27 heavy (non-hydrogen) atoms. The molecular formula is C18H13F3N4O2. The van der Waals surface area contributed by atoms with Crippen LogP contribution in [0.3, 0.4) is 0 Å². The molecule has 6 nitrogen and oxygen atoms in total. The van der Waals surface area contributed by atoms with Gasteiger partial charge in [-0.2, -0.15) is 0 Å². The van der Waals surface area contributed by atoms with Crippen LogP contribution in [0, 0.1) is 0 Å². The first-order chi connectivity index (χ1) is 12.9. The number of rotatable bonds is 6. The summed E-state index contributed by atoms with van der Waals surface area (Å²) in [5.41, 5.74) is 2.34. The highest BCUT2D eigenvalue weighted by molar-refractivity contribution is 5.55. The number of carbonyl (C=O) groups excluding carboxylic acids is 1. The Morgan fingerprint density at radius 1 is 1.07 bits per heavy atom. The minimum absolute atomic E-state index is 0.305. The average Bonchev–Trinajstić information content (AvgIpc) is 3.12. The zero-order valence-electron chi connectivity index (χ0n) is 13.8. The van der Waals surface area contributed by atoms with Crippen molar-refractivity contribution in [3.63, 3.8) is 0 Å². The predicted octanol–water partition coefficient (Wildman–Crippen LogP) is 3.71. The van der Waals surface area contributed by atoms with E-state index in [2.05, 4.69) is 19.8 Å². The summed E-state index contributed by atoms with van der Waals surface area (Å²) in [6.45, 7) is 0.379. The molecule has 9 heteroatoms. The average molecular weight is 374 g/mol. The van der Waals surface area contributed by atoms with E-state index in [-0.39, 0.29) is 5.75 Å². The van der Waals surface area contributed by atoms with E-state index < -0.39 is 6.36 Å². The van der Waals surface area contributed by atoms with Gasteiger partial charge in [0.25, 0.3) is 0 Å². The van der Waals surface area contributed by atoms with Crippen molar-refractivity contribution in [1.29, 1.82) is 0 Å². The second kappa shape index (κ2) is 7.84. The van der Waals surface area contributed by atoms with Gasteiger partial charge in [0, 0.05) is 5.56 Å². The van der Waals surface area contributed by atoms with Gasteiger partial charge in [-0.15, -0.1) is 18.3 Å². The van der Waals surface area contributed by atoms with E-state index in [1.54, 1.807) is 0 Å². The first-order valence-electron chi connectivity index (χ1n) is 7.85. The Bertz CT molecular complexity index is 944. The van der Waals surface area contributed by atoms with Crippen molar-refractivity contribution in [2.75, 3.05) is 6.54 Å². The maximum Gasteiger partial charge on any atom is 0.573 e. The Morgan fingerprint density at radius 2 is 1.78 bits per heavy atom. The zero-order chi connectivity index (χ0) is 19.3. The number of nitrogens with zero attached hydrogens (tertiary/aromatic N) is 4. The molecule has 0 fully saturated rings. The third-order valence-electron chi connectivity index (χ3n) is 3.62. The van der Waals surface area contributed by atoms with Crippen LogP contribution in [0.2, 0.25) is 0 Å². The van der Waals surface area contributed by atoms with Gasteiger partial charge in [-0.05, 0) is 36.2 Å². The molecular weight excluding hydrogens is 361 g/mol. The van der Waals surface area contributed by atoms with Crippen molar-refractivity contribution in [2.45, 2.75) is 12.8 Å². The quantitative estimate of drug-likeness (QED) is 0.487. The minimum Gasteiger partial charge on any atom is -0.406 e. The van der Waals surface area contributed by atoms with Crippen LogP contribution in [0.15, 0.2) is 59.9 Å². The fraction of sp³-hybridized carbons (Fsp3) is 0.167. The summed E-state index contributed by atoms with van der Waals surface area (Å²) in [6, 6.07) is 12.8. The van der Waals surface area contributed by atoms with Crippen molar-refractivity contribution >= 4 is 6.08 Å². The van der Waals surface area contributed by atoms with E-state index in [9.17, 15) is 18.0 Å². The Morgan fingerprint density at radius 3 is 2.41 bits per heavy atom. The normalized spacial score (nSPS) is 11.1. The minimum atomic E-state index is -4.73. The van der Waals surface area contributed by atoms with Crippen LogP contribution in [0.4, 0.5) is 13.2 Å². The van der Waals surface area contributed by atoms with Gasteiger partial charge in [-0.1, -0.05) is 24.3 Å². The predicted molar refractivity (Wildman–Crippen MR) is 90.2 cm³/mol.